The van der Waals surface area contributed by atoms with Gasteiger partial charge in [-0.1, -0.05) is 32.0 Å². The van der Waals surface area contributed by atoms with Gasteiger partial charge in [-0.05, 0) is 30.2 Å². The van der Waals surface area contributed by atoms with Crippen molar-refractivity contribution in [2.75, 3.05) is 6.54 Å². The van der Waals surface area contributed by atoms with Crippen molar-refractivity contribution in [3.05, 3.63) is 59.9 Å². The predicted molar refractivity (Wildman–Crippen MR) is 87.7 cm³/mol. The standard InChI is InChI=1S/C17H20N2OS/c1-13(2)21-16-8-4-3-7-15(16)17(20)19-11-9-14-6-5-10-18-12-14/h3-8,10,12-13H,9,11H2,1-2H3,(H,19,20). The van der Waals surface area contributed by atoms with Crippen molar-refractivity contribution in [1.29, 1.82) is 0 Å². The molecule has 0 radical (unpaired) electrons. The molecule has 110 valence electrons. The second-order valence-corrected chi connectivity index (χ2v) is 6.65. The number of nitrogens with one attached hydrogen (secondary N) is 1. The van der Waals surface area contributed by atoms with Gasteiger partial charge in [0.2, 0.25) is 0 Å². The summed E-state index contributed by atoms with van der Waals surface area (Å²) in [5.74, 6) is -0.0114. The molecule has 0 bridgehead atoms. The van der Waals surface area contributed by atoms with E-state index in [-0.39, 0.29) is 5.91 Å². The van der Waals surface area contributed by atoms with Crippen LogP contribution in [0.4, 0.5) is 0 Å². The van der Waals surface area contributed by atoms with E-state index in [0.29, 0.717) is 11.8 Å². The first-order chi connectivity index (χ1) is 10.2. The monoisotopic (exact) mass is 300 g/mol. The Morgan fingerprint density at radius 2 is 2.05 bits per heavy atom. The summed E-state index contributed by atoms with van der Waals surface area (Å²) in [6.07, 6.45) is 4.37. The quantitative estimate of drug-likeness (QED) is 0.830. The van der Waals surface area contributed by atoms with Gasteiger partial charge in [0, 0.05) is 29.1 Å². The first-order valence-corrected chi connectivity index (χ1v) is 7.97. The van der Waals surface area contributed by atoms with Crippen LogP contribution in [0.1, 0.15) is 29.8 Å². The highest BCUT2D eigenvalue weighted by Gasteiger charge is 2.11. The van der Waals surface area contributed by atoms with Crippen LogP contribution in [0.2, 0.25) is 0 Å². The van der Waals surface area contributed by atoms with Crippen LogP contribution < -0.4 is 5.32 Å². The van der Waals surface area contributed by atoms with E-state index in [1.165, 1.54) is 0 Å². The molecule has 0 aliphatic heterocycles. The summed E-state index contributed by atoms with van der Waals surface area (Å²) < 4.78 is 0. The lowest BCUT2D eigenvalue weighted by atomic mass is 10.2. The summed E-state index contributed by atoms with van der Waals surface area (Å²) in [5, 5.41) is 3.43. The SMILES string of the molecule is CC(C)Sc1ccccc1C(=O)NCCc1cccnc1. The average molecular weight is 300 g/mol. The van der Waals surface area contributed by atoms with Gasteiger partial charge in [0.1, 0.15) is 0 Å². The van der Waals surface area contributed by atoms with Gasteiger partial charge >= 0.3 is 0 Å². The smallest absolute Gasteiger partial charge is 0.252 e. The molecule has 1 aromatic carbocycles. The van der Waals surface area contributed by atoms with E-state index in [9.17, 15) is 4.79 Å². The number of hydrogen-bond acceptors (Lipinski definition) is 3. The third kappa shape index (κ3) is 4.90. The van der Waals surface area contributed by atoms with E-state index in [4.69, 9.17) is 0 Å². The highest BCUT2D eigenvalue weighted by atomic mass is 32.2. The van der Waals surface area contributed by atoms with Crippen LogP contribution in [0.5, 0.6) is 0 Å². The first kappa shape index (κ1) is 15.6. The van der Waals surface area contributed by atoms with E-state index in [1.54, 1.807) is 18.0 Å². The molecule has 0 atom stereocenters. The fourth-order valence-corrected chi connectivity index (χ4v) is 2.93. The Hall–Kier alpha value is -1.81. The molecule has 0 saturated heterocycles. The number of carbonyl (C=O) groups excluding carboxylic acids is 1. The lowest BCUT2D eigenvalue weighted by Gasteiger charge is -2.11. The molecule has 0 fully saturated rings. The molecule has 2 rings (SSSR count). The number of thioether (sulfide) groups is 1. The Morgan fingerprint density at radius 3 is 2.76 bits per heavy atom. The molecule has 1 N–H and O–H groups in total. The second kappa shape index (κ2) is 7.84. The van der Waals surface area contributed by atoms with Crippen molar-refractivity contribution in [3.8, 4) is 0 Å². The maximum absolute atomic E-state index is 12.3. The van der Waals surface area contributed by atoms with Gasteiger partial charge in [-0.3, -0.25) is 9.78 Å². The molecule has 1 aromatic heterocycles. The summed E-state index contributed by atoms with van der Waals surface area (Å²) in [4.78, 5) is 17.4. The zero-order valence-electron chi connectivity index (χ0n) is 12.4. The number of benzene rings is 1. The van der Waals surface area contributed by atoms with Crippen LogP contribution in [0.3, 0.4) is 0 Å². The fraction of sp³-hybridized carbons (Fsp3) is 0.294. The molecule has 2 aromatic rings. The molecular weight excluding hydrogens is 280 g/mol. The maximum atomic E-state index is 12.3. The van der Waals surface area contributed by atoms with Gasteiger partial charge in [0.25, 0.3) is 5.91 Å². The molecule has 0 aliphatic rings. The van der Waals surface area contributed by atoms with Crippen LogP contribution in [0.15, 0.2) is 53.7 Å². The Morgan fingerprint density at radius 1 is 1.24 bits per heavy atom. The van der Waals surface area contributed by atoms with Crippen molar-refractivity contribution in [3.63, 3.8) is 0 Å². The maximum Gasteiger partial charge on any atom is 0.252 e. The number of pyridine rings is 1. The zero-order valence-corrected chi connectivity index (χ0v) is 13.2. The van der Waals surface area contributed by atoms with Gasteiger partial charge in [-0.15, -0.1) is 11.8 Å². The lowest BCUT2D eigenvalue weighted by Crippen LogP contribution is -2.26. The van der Waals surface area contributed by atoms with E-state index < -0.39 is 0 Å². The number of amides is 1. The van der Waals surface area contributed by atoms with Crippen molar-refractivity contribution in [2.24, 2.45) is 0 Å². The Kier molecular flexibility index (Phi) is 5.81. The first-order valence-electron chi connectivity index (χ1n) is 7.09. The van der Waals surface area contributed by atoms with Gasteiger partial charge < -0.3 is 5.32 Å². The Bertz CT molecular complexity index is 584. The van der Waals surface area contributed by atoms with Crippen LogP contribution in [-0.4, -0.2) is 22.7 Å². The fourth-order valence-electron chi connectivity index (χ4n) is 1.97. The minimum atomic E-state index is -0.0114. The number of nitrogens with zero attached hydrogens (tertiary/aromatic N) is 1. The predicted octanol–water partition coefficient (Wildman–Crippen LogP) is 3.55. The molecule has 0 spiro atoms. The molecular formula is C17H20N2OS. The molecule has 1 amide bonds. The summed E-state index contributed by atoms with van der Waals surface area (Å²) in [7, 11) is 0. The molecule has 0 saturated carbocycles. The normalized spacial score (nSPS) is 10.6. The third-order valence-corrected chi connectivity index (χ3v) is 4.00. The minimum absolute atomic E-state index is 0.0114. The van der Waals surface area contributed by atoms with Crippen molar-refractivity contribution in [1.82, 2.24) is 10.3 Å². The van der Waals surface area contributed by atoms with Gasteiger partial charge in [-0.25, -0.2) is 0 Å². The Balaban J connectivity index is 1.94. The van der Waals surface area contributed by atoms with Crippen LogP contribution >= 0.6 is 11.8 Å². The van der Waals surface area contributed by atoms with Gasteiger partial charge in [0.05, 0.1) is 5.56 Å². The van der Waals surface area contributed by atoms with E-state index in [0.717, 1.165) is 22.4 Å². The molecule has 21 heavy (non-hydrogen) atoms. The van der Waals surface area contributed by atoms with Gasteiger partial charge in [-0.2, -0.15) is 0 Å². The molecule has 3 nitrogen and oxygen atoms in total. The largest absolute Gasteiger partial charge is 0.352 e. The number of rotatable bonds is 6. The summed E-state index contributed by atoms with van der Waals surface area (Å²) >= 11 is 1.71. The second-order valence-electron chi connectivity index (χ2n) is 5.03. The highest BCUT2D eigenvalue weighted by molar-refractivity contribution is 8.00. The van der Waals surface area contributed by atoms with Crippen molar-refractivity contribution < 1.29 is 4.79 Å². The topological polar surface area (TPSA) is 42.0 Å². The van der Waals surface area contributed by atoms with Gasteiger partial charge in [0.15, 0.2) is 0 Å². The number of hydrogen-bond donors (Lipinski definition) is 1. The Labute approximate surface area is 130 Å². The molecule has 1 heterocycles. The van der Waals surface area contributed by atoms with Crippen molar-refractivity contribution >= 4 is 17.7 Å². The lowest BCUT2D eigenvalue weighted by molar-refractivity contribution is 0.0951. The van der Waals surface area contributed by atoms with Crippen LogP contribution in [0.25, 0.3) is 0 Å². The third-order valence-electron chi connectivity index (χ3n) is 2.92. The minimum Gasteiger partial charge on any atom is -0.352 e. The summed E-state index contributed by atoms with van der Waals surface area (Å²) in [6.45, 7) is 4.87. The van der Waals surface area contributed by atoms with E-state index in [1.807, 2.05) is 42.6 Å². The highest BCUT2D eigenvalue weighted by Crippen LogP contribution is 2.26. The molecule has 0 aliphatic carbocycles. The number of carbonyl (C=O) groups is 1. The van der Waals surface area contributed by atoms with E-state index >= 15 is 0 Å². The van der Waals surface area contributed by atoms with Crippen molar-refractivity contribution in [2.45, 2.75) is 30.4 Å². The summed E-state index contributed by atoms with van der Waals surface area (Å²) in [6, 6.07) is 11.7. The summed E-state index contributed by atoms with van der Waals surface area (Å²) in [5.41, 5.74) is 1.88. The average Bonchev–Trinajstić information content (AvgIpc) is 2.48. The molecule has 4 heteroatoms. The van der Waals surface area contributed by atoms with Crippen LogP contribution in [-0.2, 0) is 6.42 Å². The zero-order chi connectivity index (χ0) is 15.1. The number of aromatic nitrogens is 1. The molecule has 0 unspecified atom stereocenters. The van der Waals surface area contributed by atoms with Crippen LogP contribution in [0, 0.1) is 0 Å². The van der Waals surface area contributed by atoms with E-state index in [2.05, 4.69) is 24.1 Å².